The van der Waals surface area contributed by atoms with Crippen LogP contribution in [0.2, 0.25) is 0 Å². The summed E-state index contributed by atoms with van der Waals surface area (Å²) < 4.78 is 5.45. The fourth-order valence-electron chi connectivity index (χ4n) is 9.17. The number of hydrogen-bond acceptors (Lipinski definition) is 3. The quantitative estimate of drug-likeness (QED) is 0.287. The van der Waals surface area contributed by atoms with Crippen molar-refractivity contribution in [3.63, 3.8) is 0 Å². The molecule has 4 heteroatoms. The Bertz CT molecular complexity index is 1020. The average molecular weight is 601 g/mol. The van der Waals surface area contributed by atoms with Crippen molar-refractivity contribution in [1.29, 1.82) is 0 Å². The fraction of sp³-hybridized carbons (Fsp3) is 0.675. The number of carbonyl (C=O) groups is 1. The van der Waals surface area contributed by atoms with E-state index in [2.05, 4.69) is 40.1 Å². The van der Waals surface area contributed by atoms with Crippen LogP contribution in [0.1, 0.15) is 108 Å². The number of piperidine rings is 1. The Morgan fingerprint density at radius 1 is 0.750 bits per heavy atom. The highest BCUT2D eigenvalue weighted by molar-refractivity contribution is 5.68. The number of methoxy groups -OCH3 is 1. The summed E-state index contributed by atoms with van der Waals surface area (Å²) in [7, 11) is 1.60. The van der Waals surface area contributed by atoms with Gasteiger partial charge in [0.2, 0.25) is 0 Å². The molecule has 0 bridgehead atoms. The van der Waals surface area contributed by atoms with Crippen molar-refractivity contribution >= 4 is 6.09 Å². The zero-order valence-electron chi connectivity index (χ0n) is 27.7. The molecule has 242 valence electrons. The summed E-state index contributed by atoms with van der Waals surface area (Å²) in [6.07, 6.45) is 22.3. The maximum Gasteiger partial charge on any atom is 0.409 e. The Morgan fingerprint density at radius 2 is 1.39 bits per heavy atom. The van der Waals surface area contributed by atoms with Crippen LogP contribution in [0.25, 0.3) is 0 Å². The molecule has 3 aliphatic carbocycles. The summed E-state index contributed by atoms with van der Waals surface area (Å²) in [6, 6.07) is 23.8. The van der Waals surface area contributed by atoms with Gasteiger partial charge in [0.15, 0.2) is 0 Å². The topological polar surface area (TPSA) is 32.8 Å². The first-order valence-electron chi connectivity index (χ1n) is 18.3. The molecule has 6 rings (SSSR count). The van der Waals surface area contributed by atoms with E-state index in [1.54, 1.807) is 7.11 Å². The Labute approximate surface area is 268 Å². The fourth-order valence-corrected chi connectivity index (χ4v) is 9.17. The van der Waals surface area contributed by atoms with Crippen molar-refractivity contribution < 1.29 is 9.53 Å². The molecule has 1 heterocycles. The summed E-state index contributed by atoms with van der Waals surface area (Å²) in [6.45, 7) is 3.77. The van der Waals surface area contributed by atoms with Crippen LogP contribution in [0.5, 0.6) is 0 Å². The van der Waals surface area contributed by atoms with Crippen LogP contribution in [-0.4, -0.2) is 54.7 Å². The van der Waals surface area contributed by atoms with Crippen molar-refractivity contribution in [2.24, 2.45) is 23.7 Å². The lowest BCUT2D eigenvalue weighted by atomic mass is 9.70. The van der Waals surface area contributed by atoms with Crippen molar-refractivity contribution in [3.05, 3.63) is 72.3 Å². The van der Waals surface area contributed by atoms with Crippen molar-refractivity contribution in [2.45, 2.75) is 121 Å². The van der Waals surface area contributed by atoms with Gasteiger partial charge in [-0.2, -0.15) is 0 Å². The van der Waals surface area contributed by atoms with Crippen LogP contribution < -0.4 is 0 Å². The van der Waals surface area contributed by atoms with E-state index in [1.165, 1.54) is 134 Å². The molecule has 1 aliphatic heterocycles. The normalized spacial score (nSPS) is 26.8. The summed E-state index contributed by atoms with van der Waals surface area (Å²) in [5.41, 5.74) is 1.49. The Hall–Kier alpha value is -2.33. The molecule has 0 spiro atoms. The molecular formula is C40H60N2O2. The smallest absolute Gasteiger partial charge is 0.409 e. The number of likely N-dealkylation sites (tertiary alicyclic amines) is 1. The van der Waals surface area contributed by atoms with E-state index in [1.807, 2.05) is 36.4 Å². The molecule has 0 N–H and O–H groups in total. The van der Waals surface area contributed by atoms with E-state index >= 15 is 0 Å². The van der Waals surface area contributed by atoms with E-state index in [4.69, 9.17) is 4.74 Å². The van der Waals surface area contributed by atoms with Gasteiger partial charge in [-0.15, -0.1) is 0 Å². The number of benzene rings is 2. The van der Waals surface area contributed by atoms with E-state index in [0.29, 0.717) is 18.0 Å². The number of amides is 1. The van der Waals surface area contributed by atoms with Gasteiger partial charge in [-0.05, 0) is 100 Å². The van der Waals surface area contributed by atoms with Crippen LogP contribution in [0.15, 0.2) is 66.7 Å². The second-order valence-corrected chi connectivity index (χ2v) is 14.4. The van der Waals surface area contributed by atoms with Gasteiger partial charge in [-0.25, -0.2) is 4.79 Å². The molecule has 4 atom stereocenters. The lowest BCUT2D eigenvalue weighted by molar-refractivity contribution is 0.0240. The summed E-state index contributed by atoms with van der Waals surface area (Å²) in [5, 5.41) is 0. The Kier molecular flexibility index (Phi) is 13.5. The molecular weight excluding hydrogens is 540 g/mol. The van der Waals surface area contributed by atoms with Gasteiger partial charge in [0.1, 0.15) is 0 Å². The number of carbonyl (C=O) groups excluding carboxylic acids is 1. The van der Waals surface area contributed by atoms with Gasteiger partial charge in [0.05, 0.1) is 7.11 Å². The zero-order chi connectivity index (χ0) is 30.4. The third-order valence-corrected chi connectivity index (χ3v) is 11.5. The van der Waals surface area contributed by atoms with Gasteiger partial charge < -0.3 is 14.5 Å². The highest BCUT2D eigenvalue weighted by atomic mass is 16.5. The van der Waals surface area contributed by atoms with Crippen LogP contribution >= 0.6 is 0 Å². The molecule has 4 unspecified atom stereocenters. The van der Waals surface area contributed by atoms with E-state index in [9.17, 15) is 4.79 Å². The number of hydrogen-bond donors (Lipinski definition) is 0. The first-order chi connectivity index (χ1) is 21.7. The predicted octanol–water partition coefficient (Wildman–Crippen LogP) is 9.78. The third kappa shape index (κ3) is 9.83. The molecule has 0 radical (unpaired) electrons. The lowest BCUT2D eigenvalue weighted by Crippen LogP contribution is -2.52. The molecule has 3 saturated carbocycles. The van der Waals surface area contributed by atoms with E-state index < -0.39 is 0 Å². The van der Waals surface area contributed by atoms with E-state index in [-0.39, 0.29) is 6.09 Å². The van der Waals surface area contributed by atoms with Crippen molar-refractivity contribution in [2.75, 3.05) is 26.7 Å². The SMILES string of the molecule is COC(=O)N(C1CCC(CN2CCC(CCCc3ccccc3)CC2)C1)C1CCCCC1C1CCCCC1.c1ccccc1. The molecule has 4 nitrogen and oxygen atoms in total. The molecule has 4 aliphatic rings. The molecule has 1 saturated heterocycles. The number of nitrogens with zero attached hydrogens (tertiary/aromatic N) is 2. The lowest BCUT2D eigenvalue weighted by Gasteiger charge is -2.46. The van der Waals surface area contributed by atoms with Gasteiger partial charge in [0, 0.05) is 18.6 Å². The van der Waals surface area contributed by atoms with Gasteiger partial charge in [0.25, 0.3) is 0 Å². The highest BCUT2D eigenvalue weighted by Gasteiger charge is 2.43. The molecule has 2 aromatic rings. The summed E-state index contributed by atoms with van der Waals surface area (Å²) >= 11 is 0. The Balaban J connectivity index is 0.000000573. The Morgan fingerprint density at radius 3 is 2.07 bits per heavy atom. The molecule has 0 aromatic heterocycles. The molecule has 4 fully saturated rings. The molecule has 2 aromatic carbocycles. The largest absolute Gasteiger partial charge is 0.453 e. The van der Waals surface area contributed by atoms with E-state index in [0.717, 1.165) is 17.8 Å². The minimum absolute atomic E-state index is 0.0420. The predicted molar refractivity (Wildman–Crippen MR) is 183 cm³/mol. The molecule has 1 amide bonds. The van der Waals surface area contributed by atoms with Crippen LogP contribution in [-0.2, 0) is 11.2 Å². The standard InChI is InChI=1S/C34H54N2O2.C6H6/c1-38-34(37)36(33-18-9-8-17-32(33)30-15-6-3-7-16-30)31-20-19-29(25-31)26-35-23-21-28(22-24-35)14-10-13-27-11-4-2-5-12-27;1-2-4-6-5-3-1/h2,4-5,11-12,28-33H,3,6-10,13-26H2,1H3;1-6H. The number of rotatable bonds is 9. The highest BCUT2D eigenvalue weighted by Crippen LogP contribution is 2.43. The number of ether oxygens (including phenoxy) is 1. The van der Waals surface area contributed by atoms with Crippen molar-refractivity contribution in [3.8, 4) is 0 Å². The minimum atomic E-state index is -0.0420. The van der Waals surface area contributed by atoms with Gasteiger partial charge >= 0.3 is 6.09 Å². The third-order valence-electron chi connectivity index (χ3n) is 11.5. The first kappa shape index (κ1) is 33.0. The summed E-state index contributed by atoms with van der Waals surface area (Å²) in [5.74, 6) is 3.16. The average Bonchev–Trinajstić information content (AvgIpc) is 3.55. The van der Waals surface area contributed by atoms with Crippen LogP contribution in [0.3, 0.4) is 0 Å². The molecule has 44 heavy (non-hydrogen) atoms. The van der Waals surface area contributed by atoms with Crippen LogP contribution in [0, 0.1) is 23.7 Å². The number of aryl methyl sites for hydroxylation is 1. The monoisotopic (exact) mass is 600 g/mol. The van der Waals surface area contributed by atoms with Gasteiger partial charge in [-0.1, -0.05) is 118 Å². The minimum Gasteiger partial charge on any atom is -0.453 e. The second-order valence-electron chi connectivity index (χ2n) is 14.4. The maximum absolute atomic E-state index is 13.2. The zero-order valence-corrected chi connectivity index (χ0v) is 27.7. The summed E-state index contributed by atoms with van der Waals surface area (Å²) in [4.78, 5) is 18.3. The second kappa shape index (κ2) is 18.0. The maximum atomic E-state index is 13.2. The first-order valence-corrected chi connectivity index (χ1v) is 18.3. The van der Waals surface area contributed by atoms with Crippen LogP contribution in [0.4, 0.5) is 4.79 Å². The van der Waals surface area contributed by atoms with Gasteiger partial charge in [-0.3, -0.25) is 0 Å². The van der Waals surface area contributed by atoms with Crippen molar-refractivity contribution in [1.82, 2.24) is 9.80 Å².